The molecule has 1 aliphatic heterocycles. The lowest BCUT2D eigenvalue weighted by Gasteiger charge is -2.17. The van der Waals surface area contributed by atoms with E-state index in [1.165, 1.54) is 20.5 Å². The molecule has 0 radical (unpaired) electrons. The number of nitrogens with one attached hydrogen (secondary N) is 1. The van der Waals surface area contributed by atoms with Gasteiger partial charge in [0.1, 0.15) is 5.84 Å². The van der Waals surface area contributed by atoms with Crippen LogP contribution in [0.25, 0.3) is 0 Å². The average molecular weight is 361 g/mol. The third-order valence-electron chi connectivity index (χ3n) is 3.38. The van der Waals surface area contributed by atoms with E-state index in [-0.39, 0.29) is 0 Å². The number of rotatable bonds is 4. The quantitative estimate of drug-likeness (QED) is 0.812. The predicted molar refractivity (Wildman–Crippen MR) is 94.2 cm³/mol. The number of thioether (sulfide) groups is 1. The molecule has 4 heteroatoms. The van der Waals surface area contributed by atoms with Crippen LogP contribution in [0.15, 0.2) is 62.9 Å². The standard InChI is InChI=1S/C17H17BrN2S/c18-15-8-3-1-6-13(15)12-21-16-9-4-2-7-14(16)17-19-10-5-11-20-17/h1-4,6-9H,5,10-12H2,(H,19,20). The van der Waals surface area contributed by atoms with E-state index in [0.717, 1.165) is 31.1 Å². The van der Waals surface area contributed by atoms with Crippen molar-refractivity contribution < 1.29 is 0 Å². The lowest BCUT2D eigenvalue weighted by Crippen LogP contribution is -2.30. The van der Waals surface area contributed by atoms with Gasteiger partial charge in [-0.25, -0.2) is 0 Å². The molecule has 0 amide bonds. The van der Waals surface area contributed by atoms with E-state index in [0.29, 0.717) is 0 Å². The first kappa shape index (κ1) is 14.7. The molecule has 1 heterocycles. The highest BCUT2D eigenvalue weighted by Gasteiger charge is 2.12. The van der Waals surface area contributed by atoms with Crippen LogP contribution in [0.2, 0.25) is 0 Å². The van der Waals surface area contributed by atoms with Crippen molar-refractivity contribution in [1.29, 1.82) is 0 Å². The number of benzene rings is 2. The van der Waals surface area contributed by atoms with Gasteiger partial charge in [-0.05, 0) is 24.1 Å². The minimum absolute atomic E-state index is 0.922. The van der Waals surface area contributed by atoms with Crippen molar-refractivity contribution in [2.75, 3.05) is 13.1 Å². The summed E-state index contributed by atoms with van der Waals surface area (Å²) in [7, 11) is 0. The summed E-state index contributed by atoms with van der Waals surface area (Å²) in [6.45, 7) is 1.94. The number of nitrogens with zero attached hydrogens (tertiary/aromatic N) is 1. The Morgan fingerprint density at radius 3 is 2.71 bits per heavy atom. The van der Waals surface area contributed by atoms with E-state index in [9.17, 15) is 0 Å². The molecule has 1 N–H and O–H groups in total. The van der Waals surface area contributed by atoms with Crippen LogP contribution in [-0.4, -0.2) is 18.9 Å². The molecule has 0 saturated heterocycles. The average Bonchev–Trinajstić information content (AvgIpc) is 2.55. The summed E-state index contributed by atoms with van der Waals surface area (Å²) in [4.78, 5) is 5.89. The Balaban J connectivity index is 1.80. The van der Waals surface area contributed by atoms with Crippen molar-refractivity contribution in [3.8, 4) is 0 Å². The van der Waals surface area contributed by atoms with Gasteiger partial charge >= 0.3 is 0 Å². The summed E-state index contributed by atoms with van der Waals surface area (Å²) in [6, 6.07) is 16.9. The van der Waals surface area contributed by atoms with Gasteiger partial charge < -0.3 is 5.32 Å². The first-order valence-electron chi connectivity index (χ1n) is 7.08. The summed E-state index contributed by atoms with van der Waals surface area (Å²) in [5.41, 5.74) is 2.53. The number of aliphatic imine (C=N–C) groups is 1. The number of hydrogen-bond acceptors (Lipinski definition) is 3. The number of halogens is 1. The fourth-order valence-electron chi connectivity index (χ4n) is 2.27. The van der Waals surface area contributed by atoms with E-state index in [2.05, 4.69) is 68.7 Å². The van der Waals surface area contributed by atoms with Gasteiger partial charge in [0.25, 0.3) is 0 Å². The lowest BCUT2D eigenvalue weighted by molar-refractivity contribution is 0.741. The van der Waals surface area contributed by atoms with E-state index in [4.69, 9.17) is 0 Å². The Morgan fingerprint density at radius 2 is 1.90 bits per heavy atom. The van der Waals surface area contributed by atoms with Crippen molar-refractivity contribution in [1.82, 2.24) is 5.32 Å². The molecule has 2 aromatic rings. The molecule has 0 saturated carbocycles. The highest BCUT2D eigenvalue weighted by molar-refractivity contribution is 9.10. The zero-order valence-electron chi connectivity index (χ0n) is 11.7. The van der Waals surface area contributed by atoms with Crippen LogP contribution in [0.4, 0.5) is 0 Å². The van der Waals surface area contributed by atoms with Crippen molar-refractivity contribution in [2.45, 2.75) is 17.1 Å². The maximum atomic E-state index is 4.62. The molecule has 0 bridgehead atoms. The van der Waals surface area contributed by atoms with Gasteiger partial charge in [-0.1, -0.05) is 52.3 Å². The Labute approximate surface area is 138 Å². The van der Waals surface area contributed by atoms with Crippen LogP contribution in [0.3, 0.4) is 0 Å². The van der Waals surface area contributed by atoms with Crippen LogP contribution >= 0.6 is 27.7 Å². The smallest absolute Gasteiger partial charge is 0.129 e. The first-order valence-corrected chi connectivity index (χ1v) is 8.86. The fourth-order valence-corrected chi connectivity index (χ4v) is 3.94. The molecule has 108 valence electrons. The second-order valence-electron chi connectivity index (χ2n) is 4.89. The highest BCUT2D eigenvalue weighted by atomic mass is 79.9. The van der Waals surface area contributed by atoms with Gasteiger partial charge in [-0.15, -0.1) is 11.8 Å². The Bertz CT molecular complexity index is 655. The van der Waals surface area contributed by atoms with E-state index in [1.807, 2.05) is 17.8 Å². The van der Waals surface area contributed by atoms with Gasteiger partial charge in [0.05, 0.1) is 0 Å². The maximum absolute atomic E-state index is 4.62. The fraction of sp³-hybridized carbons (Fsp3) is 0.235. The SMILES string of the molecule is Brc1ccccc1CSc1ccccc1C1=NCCCN1. The van der Waals surface area contributed by atoms with E-state index >= 15 is 0 Å². The molecule has 1 aliphatic rings. The summed E-state index contributed by atoms with van der Waals surface area (Å²) in [6.07, 6.45) is 1.12. The Morgan fingerprint density at radius 1 is 1.10 bits per heavy atom. The molecule has 0 atom stereocenters. The molecular weight excluding hydrogens is 344 g/mol. The second-order valence-corrected chi connectivity index (χ2v) is 6.76. The van der Waals surface area contributed by atoms with Crippen LogP contribution in [0, 0.1) is 0 Å². The summed E-state index contributed by atoms with van der Waals surface area (Å²) in [5.74, 6) is 1.99. The van der Waals surface area contributed by atoms with Gasteiger partial charge in [0, 0.05) is 33.8 Å². The molecular formula is C17H17BrN2S. The normalized spacial score (nSPS) is 14.4. The van der Waals surface area contributed by atoms with Crippen LogP contribution < -0.4 is 5.32 Å². The van der Waals surface area contributed by atoms with Gasteiger partial charge in [-0.2, -0.15) is 0 Å². The largest absolute Gasteiger partial charge is 0.370 e. The van der Waals surface area contributed by atoms with Crippen molar-refractivity contribution in [3.63, 3.8) is 0 Å². The molecule has 21 heavy (non-hydrogen) atoms. The minimum Gasteiger partial charge on any atom is -0.370 e. The Hall–Kier alpha value is -1.26. The van der Waals surface area contributed by atoms with Crippen molar-refractivity contribution in [2.24, 2.45) is 4.99 Å². The first-order chi connectivity index (χ1) is 10.3. The summed E-state index contributed by atoms with van der Waals surface area (Å²) in [5, 5.41) is 3.41. The summed E-state index contributed by atoms with van der Waals surface area (Å²) >= 11 is 5.47. The van der Waals surface area contributed by atoms with E-state index in [1.54, 1.807) is 0 Å². The Kier molecular flexibility index (Phi) is 4.99. The monoisotopic (exact) mass is 360 g/mol. The predicted octanol–water partition coefficient (Wildman–Crippen LogP) is 4.48. The van der Waals surface area contributed by atoms with Gasteiger partial charge in [0.15, 0.2) is 0 Å². The maximum Gasteiger partial charge on any atom is 0.129 e. The van der Waals surface area contributed by atoms with Crippen molar-refractivity contribution in [3.05, 3.63) is 64.1 Å². The topological polar surface area (TPSA) is 24.4 Å². The molecule has 0 aromatic heterocycles. The molecule has 3 rings (SSSR count). The van der Waals surface area contributed by atoms with Gasteiger partial charge in [0.2, 0.25) is 0 Å². The molecule has 0 unspecified atom stereocenters. The third-order valence-corrected chi connectivity index (χ3v) is 5.28. The third kappa shape index (κ3) is 3.69. The lowest BCUT2D eigenvalue weighted by atomic mass is 10.2. The molecule has 0 fully saturated rings. The van der Waals surface area contributed by atoms with Crippen molar-refractivity contribution >= 4 is 33.5 Å². The number of hydrogen-bond donors (Lipinski definition) is 1. The minimum atomic E-state index is 0.922. The molecule has 2 nitrogen and oxygen atoms in total. The zero-order chi connectivity index (χ0) is 14.5. The van der Waals surface area contributed by atoms with Crippen LogP contribution in [-0.2, 0) is 5.75 Å². The van der Waals surface area contributed by atoms with E-state index < -0.39 is 0 Å². The molecule has 0 aliphatic carbocycles. The highest BCUT2D eigenvalue weighted by Crippen LogP contribution is 2.29. The van der Waals surface area contributed by atoms with Crippen LogP contribution in [0.5, 0.6) is 0 Å². The number of amidine groups is 1. The second kappa shape index (κ2) is 7.14. The zero-order valence-corrected chi connectivity index (χ0v) is 14.1. The van der Waals surface area contributed by atoms with Crippen LogP contribution in [0.1, 0.15) is 17.5 Å². The molecule has 0 spiro atoms. The van der Waals surface area contributed by atoms with Gasteiger partial charge in [-0.3, -0.25) is 4.99 Å². The molecule has 2 aromatic carbocycles. The summed E-state index contributed by atoms with van der Waals surface area (Å²) < 4.78 is 1.17.